The largest absolute Gasteiger partial charge is 0.396 e. The summed E-state index contributed by atoms with van der Waals surface area (Å²) >= 11 is 0. The molecule has 0 atom stereocenters. The summed E-state index contributed by atoms with van der Waals surface area (Å²) in [6.45, 7) is 8.95. The number of carbonyl (C=O) groups is 2. The van der Waals surface area contributed by atoms with Crippen LogP contribution in [0.5, 0.6) is 0 Å². The Morgan fingerprint density at radius 1 is 1.44 bits per heavy atom. The van der Waals surface area contributed by atoms with E-state index < -0.39 is 5.91 Å². The maximum Gasteiger partial charge on any atom is 0.243 e. The van der Waals surface area contributed by atoms with Crippen LogP contribution in [0.3, 0.4) is 0 Å². The number of nitrogens with two attached hydrogens (primary N) is 1. The van der Waals surface area contributed by atoms with Crippen LogP contribution in [0.15, 0.2) is 24.8 Å². The zero-order valence-electron chi connectivity index (χ0n) is 9.66. The molecule has 16 heavy (non-hydrogen) atoms. The number of hydrogen-bond acceptors (Lipinski definition) is 3. The van der Waals surface area contributed by atoms with Crippen LogP contribution in [0.25, 0.3) is 0 Å². The van der Waals surface area contributed by atoms with E-state index in [1.807, 2.05) is 0 Å². The van der Waals surface area contributed by atoms with Gasteiger partial charge >= 0.3 is 0 Å². The molecule has 0 aromatic heterocycles. The third-order valence-corrected chi connectivity index (χ3v) is 1.49. The standard InChI is InChI=1S/C7H13NO2.C4H7NO/c1-2-7(10)8-5-3-4-6-9;1-3(2)4(5)6/h2,9H,1,3-6H2,(H,8,10);1H2,2H3,(H2,5,6). The van der Waals surface area contributed by atoms with Gasteiger partial charge in [-0.15, -0.1) is 0 Å². The number of nitrogens with one attached hydrogen (secondary N) is 1. The Morgan fingerprint density at radius 3 is 2.25 bits per heavy atom. The lowest BCUT2D eigenvalue weighted by Gasteiger charge is -1.98. The van der Waals surface area contributed by atoms with E-state index in [-0.39, 0.29) is 12.5 Å². The van der Waals surface area contributed by atoms with E-state index in [1.165, 1.54) is 6.08 Å². The van der Waals surface area contributed by atoms with Crippen molar-refractivity contribution in [1.29, 1.82) is 0 Å². The van der Waals surface area contributed by atoms with Crippen molar-refractivity contribution < 1.29 is 14.7 Å². The van der Waals surface area contributed by atoms with Crippen LogP contribution in [-0.4, -0.2) is 30.1 Å². The molecule has 0 aromatic rings. The molecule has 0 saturated carbocycles. The number of unbranched alkanes of at least 4 members (excludes halogenated alkanes) is 1. The molecular weight excluding hydrogens is 208 g/mol. The average molecular weight is 228 g/mol. The minimum Gasteiger partial charge on any atom is -0.396 e. The lowest BCUT2D eigenvalue weighted by Crippen LogP contribution is -2.21. The van der Waals surface area contributed by atoms with E-state index in [2.05, 4.69) is 18.5 Å². The number of amides is 2. The van der Waals surface area contributed by atoms with Crippen molar-refractivity contribution in [3.63, 3.8) is 0 Å². The molecule has 0 rings (SSSR count). The molecule has 0 aliphatic rings. The topological polar surface area (TPSA) is 92.4 Å². The lowest BCUT2D eigenvalue weighted by atomic mass is 10.3. The Balaban J connectivity index is 0. The number of aliphatic hydroxyl groups excluding tert-OH is 1. The van der Waals surface area contributed by atoms with Gasteiger partial charge in [0.05, 0.1) is 0 Å². The molecule has 0 unspecified atom stereocenters. The normalized spacial score (nSPS) is 8.38. The van der Waals surface area contributed by atoms with Gasteiger partial charge < -0.3 is 16.2 Å². The molecular formula is C11H20N2O3. The highest BCUT2D eigenvalue weighted by molar-refractivity contribution is 5.90. The van der Waals surface area contributed by atoms with E-state index in [9.17, 15) is 9.59 Å². The van der Waals surface area contributed by atoms with Gasteiger partial charge in [-0.25, -0.2) is 0 Å². The second kappa shape index (κ2) is 11.5. The summed E-state index contributed by atoms with van der Waals surface area (Å²) in [6.07, 6.45) is 2.78. The molecule has 0 radical (unpaired) electrons. The van der Waals surface area contributed by atoms with Crippen LogP contribution in [-0.2, 0) is 9.59 Å². The van der Waals surface area contributed by atoms with Crippen molar-refractivity contribution in [2.24, 2.45) is 5.73 Å². The first kappa shape index (κ1) is 16.8. The third kappa shape index (κ3) is 14.9. The van der Waals surface area contributed by atoms with Crippen LogP contribution < -0.4 is 11.1 Å². The molecule has 0 fully saturated rings. The van der Waals surface area contributed by atoms with E-state index in [1.54, 1.807) is 6.92 Å². The SMILES string of the molecule is C=C(C)C(N)=O.C=CC(=O)NCCCCO. The number of aliphatic hydroxyl groups is 1. The number of carbonyl (C=O) groups excluding carboxylic acids is 2. The minimum absolute atomic E-state index is 0.155. The second-order valence-electron chi connectivity index (χ2n) is 3.07. The van der Waals surface area contributed by atoms with Gasteiger partial charge in [0.15, 0.2) is 0 Å². The van der Waals surface area contributed by atoms with Gasteiger partial charge in [-0.05, 0) is 25.8 Å². The van der Waals surface area contributed by atoms with Gasteiger partial charge in [-0.2, -0.15) is 0 Å². The molecule has 5 heteroatoms. The second-order valence-corrected chi connectivity index (χ2v) is 3.07. The zero-order valence-corrected chi connectivity index (χ0v) is 9.66. The van der Waals surface area contributed by atoms with E-state index in [0.29, 0.717) is 12.1 Å². The fraction of sp³-hybridized carbons (Fsp3) is 0.455. The predicted molar refractivity (Wildman–Crippen MR) is 63.5 cm³/mol. The monoisotopic (exact) mass is 228 g/mol. The molecule has 2 amide bonds. The third-order valence-electron chi connectivity index (χ3n) is 1.49. The Labute approximate surface area is 96.0 Å². The van der Waals surface area contributed by atoms with Crippen LogP contribution >= 0.6 is 0 Å². The van der Waals surface area contributed by atoms with Gasteiger partial charge in [-0.1, -0.05) is 13.2 Å². The van der Waals surface area contributed by atoms with Gasteiger partial charge in [-0.3, -0.25) is 9.59 Å². The lowest BCUT2D eigenvalue weighted by molar-refractivity contribution is -0.116. The van der Waals surface area contributed by atoms with Crippen LogP contribution in [0.2, 0.25) is 0 Å². The fourth-order valence-corrected chi connectivity index (χ4v) is 0.521. The molecule has 0 heterocycles. The molecule has 0 saturated heterocycles. The van der Waals surface area contributed by atoms with Crippen molar-refractivity contribution >= 4 is 11.8 Å². The molecule has 5 nitrogen and oxygen atoms in total. The summed E-state index contributed by atoms with van der Waals surface area (Å²) in [5, 5.41) is 11.0. The van der Waals surface area contributed by atoms with Crippen molar-refractivity contribution in [1.82, 2.24) is 5.32 Å². The predicted octanol–water partition coefficient (Wildman–Crippen LogP) is 0.109. The fourth-order valence-electron chi connectivity index (χ4n) is 0.521. The average Bonchev–Trinajstić information content (AvgIpc) is 2.24. The summed E-state index contributed by atoms with van der Waals surface area (Å²) in [5.74, 6) is -0.590. The maximum atomic E-state index is 10.5. The van der Waals surface area contributed by atoms with Crippen molar-refractivity contribution in [3.8, 4) is 0 Å². The summed E-state index contributed by atoms with van der Waals surface area (Å²) in [4.78, 5) is 20.3. The Kier molecular flexibility index (Phi) is 12.0. The highest BCUT2D eigenvalue weighted by Crippen LogP contribution is 1.83. The van der Waals surface area contributed by atoms with Crippen LogP contribution in [0.4, 0.5) is 0 Å². The highest BCUT2D eigenvalue weighted by atomic mass is 16.3. The summed E-state index contributed by atoms with van der Waals surface area (Å²) < 4.78 is 0. The van der Waals surface area contributed by atoms with Crippen LogP contribution in [0.1, 0.15) is 19.8 Å². The number of primary amides is 1. The van der Waals surface area contributed by atoms with Crippen molar-refractivity contribution in [3.05, 3.63) is 24.8 Å². The van der Waals surface area contributed by atoms with Gasteiger partial charge in [0.1, 0.15) is 0 Å². The minimum atomic E-state index is -0.435. The molecule has 4 N–H and O–H groups in total. The van der Waals surface area contributed by atoms with Gasteiger partial charge in [0, 0.05) is 18.7 Å². The Hall–Kier alpha value is -1.62. The smallest absolute Gasteiger partial charge is 0.243 e. The maximum absolute atomic E-state index is 10.5. The molecule has 0 aliphatic carbocycles. The molecule has 0 aromatic carbocycles. The Morgan fingerprint density at radius 2 is 1.94 bits per heavy atom. The molecule has 0 bridgehead atoms. The molecule has 0 aliphatic heterocycles. The first-order chi connectivity index (χ1) is 7.45. The summed E-state index contributed by atoms with van der Waals surface area (Å²) in [7, 11) is 0. The number of hydrogen-bond donors (Lipinski definition) is 3. The van der Waals surface area contributed by atoms with Gasteiger partial charge in [0.2, 0.25) is 11.8 Å². The van der Waals surface area contributed by atoms with Crippen molar-refractivity contribution in [2.75, 3.05) is 13.2 Å². The highest BCUT2D eigenvalue weighted by Gasteiger charge is 1.90. The number of rotatable bonds is 6. The summed E-state index contributed by atoms with van der Waals surface area (Å²) in [6, 6.07) is 0. The Bertz CT molecular complexity index is 238. The van der Waals surface area contributed by atoms with E-state index >= 15 is 0 Å². The van der Waals surface area contributed by atoms with Crippen molar-refractivity contribution in [2.45, 2.75) is 19.8 Å². The first-order valence-electron chi connectivity index (χ1n) is 4.92. The van der Waals surface area contributed by atoms with E-state index in [0.717, 1.165) is 12.8 Å². The quantitative estimate of drug-likeness (QED) is 0.445. The molecule has 92 valence electrons. The van der Waals surface area contributed by atoms with Gasteiger partial charge in [0.25, 0.3) is 0 Å². The van der Waals surface area contributed by atoms with E-state index in [4.69, 9.17) is 10.8 Å². The summed E-state index contributed by atoms with van der Waals surface area (Å²) in [5.41, 5.74) is 5.09. The zero-order chi connectivity index (χ0) is 13.0. The van der Waals surface area contributed by atoms with Crippen LogP contribution in [0, 0.1) is 0 Å². The first-order valence-corrected chi connectivity index (χ1v) is 4.92. The molecule has 0 spiro atoms.